The number of imide groups is 1. The Labute approximate surface area is 88.2 Å². The molecule has 3 atom stereocenters. The summed E-state index contributed by atoms with van der Waals surface area (Å²) in [6.45, 7) is 0. The second kappa shape index (κ2) is 2.72. The molecule has 82 valence electrons. The highest BCUT2D eigenvalue weighted by Gasteiger charge is 2.54. The molecular weight excluding hydrogens is 194 g/mol. The largest absolute Gasteiger partial charge is 0.323 e. The summed E-state index contributed by atoms with van der Waals surface area (Å²) in [6.07, 6.45) is 3.81. The molecular formula is C10H15N3O2. The van der Waals surface area contributed by atoms with Crippen LogP contribution in [0.4, 0.5) is 4.79 Å². The summed E-state index contributed by atoms with van der Waals surface area (Å²) in [6, 6.07) is 0.574. The molecule has 0 saturated carbocycles. The van der Waals surface area contributed by atoms with E-state index in [-0.39, 0.29) is 11.9 Å². The van der Waals surface area contributed by atoms with Crippen LogP contribution in [0.3, 0.4) is 0 Å². The number of fused-ring (bicyclic) bond motifs is 2. The molecule has 1 unspecified atom stereocenters. The number of urea groups is 1. The molecule has 15 heavy (non-hydrogen) atoms. The molecule has 0 aromatic rings. The summed E-state index contributed by atoms with van der Waals surface area (Å²) in [4.78, 5) is 25.3. The van der Waals surface area contributed by atoms with E-state index in [0.29, 0.717) is 12.1 Å². The van der Waals surface area contributed by atoms with Gasteiger partial charge in [-0.15, -0.1) is 0 Å². The van der Waals surface area contributed by atoms with Gasteiger partial charge in [-0.05, 0) is 32.7 Å². The summed E-state index contributed by atoms with van der Waals surface area (Å²) >= 11 is 0. The maximum absolute atomic E-state index is 11.8. The van der Waals surface area contributed by atoms with Crippen LogP contribution in [0.2, 0.25) is 0 Å². The first-order valence-electron chi connectivity index (χ1n) is 5.46. The topological polar surface area (TPSA) is 61.4 Å². The van der Waals surface area contributed by atoms with Crippen molar-refractivity contribution in [2.45, 2.75) is 43.3 Å². The highest BCUT2D eigenvalue weighted by atomic mass is 16.2. The maximum atomic E-state index is 11.8. The zero-order valence-electron chi connectivity index (χ0n) is 8.75. The molecule has 0 radical (unpaired) electrons. The van der Waals surface area contributed by atoms with Crippen LogP contribution in [0.5, 0.6) is 0 Å². The van der Waals surface area contributed by atoms with Gasteiger partial charge in [0.1, 0.15) is 5.54 Å². The molecule has 3 heterocycles. The summed E-state index contributed by atoms with van der Waals surface area (Å²) < 4.78 is 0. The van der Waals surface area contributed by atoms with Crippen LogP contribution in [0.15, 0.2) is 0 Å². The van der Waals surface area contributed by atoms with E-state index in [1.54, 1.807) is 0 Å². The van der Waals surface area contributed by atoms with Crippen molar-refractivity contribution in [2.75, 3.05) is 7.05 Å². The highest BCUT2D eigenvalue weighted by Crippen LogP contribution is 2.40. The van der Waals surface area contributed by atoms with E-state index in [4.69, 9.17) is 0 Å². The van der Waals surface area contributed by atoms with Crippen LogP contribution >= 0.6 is 0 Å². The van der Waals surface area contributed by atoms with Crippen molar-refractivity contribution >= 4 is 11.9 Å². The summed E-state index contributed by atoms with van der Waals surface area (Å²) in [5.41, 5.74) is -0.602. The lowest BCUT2D eigenvalue weighted by atomic mass is 9.83. The van der Waals surface area contributed by atoms with Crippen molar-refractivity contribution in [3.05, 3.63) is 0 Å². The fourth-order valence-electron chi connectivity index (χ4n) is 3.29. The first-order valence-corrected chi connectivity index (χ1v) is 5.46. The van der Waals surface area contributed by atoms with E-state index in [1.807, 2.05) is 0 Å². The summed E-state index contributed by atoms with van der Waals surface area (Å²) in [7, 11) is 2.11. The average Bonchev–Trinajstić information content (AvgIpc) is 2.56. The van der Waals surface area contributed by atoms with Gasteiger partial charge in [-0.25, -0.2) is 4.79 Å². The Kier molecular flexibility index (Phi) is 1.66. The number of amides is 3. The van der Waals surface area contributed by atoms with Crippen LogP contribution in [-0.2, 0) is 4.79 Å². The number of nitrogens with one attached hydrogen (secondary N) is 2. The molecule has 3 aliphatic rings. The lowest BCUT2D eigenvalue weighted by Gasteiger charge is -2.40. The fourth-order valence-corrected chi connectivity index (χ4v) is 3.29. The second-order valence-electron chi connectivity index (χ2n) is 4.95. The number of nitrogens with zero attached hydrogens (tertiary/aromatic N) is 1. The lowest BCUT2D eigenvalue weighted by Crippen LogP contribution is -2.58. The van der Waals surface area contributed by atoms with Gasteiger partial charge in [0, 0.05) is 12.1 Å². The van der Waals surface area contributed by atoms with Gasteiger partial charge in [0.05, 0.1) is 0 Å². The Bertz CT molecular complexity index is 328. The summed E-state index contributed by atoms with van der Waals surface area (Å²) in [5.74, 6) is -0.127. The lowest BCUT2D eigenvalue weighted by molar-refractivity contribution is -0.126. The number of hydrogen-bond donors (Lipinski definition) is 2. The number of carbonyl (C=O) groups is 2. The normalized spacial score (nSPS) is 44.6. The zero-order valence-corrected chi connectivity index (χ0v) is 8.75. The van der Waals surface area contributed by atoms with Crippen molar-refractivity contribution in [1.82, 2.24) is 15.5 Å². The first kappa shape index (κ1) is 9.15. The van der Waals surface area contributed by atoms with Crippen molar-refractivity contribution in [3.8, 4) is 0 Å². The van der Waals surface area contributed by atoms with Gasteiger partial charge < -0.3 is 10.2 Å². The van der Waals surface area contributed by atoms with E-state index in [1.165, 1.54) is 0 Å². The molecule has 0 aliphatic carbocycles. The van der Waals surface area contributed by atoms with Crippen LogP contribution in [-0.4, -0.2) is 41.5 Å². The van der Waals surface area contributed by atoms with Gasteiger partial charge in [-0.3, -0.25) is 10.1 Å². The molecule has 3 amide bonds. The zero-order chi connectivity index (χ0) is 10.6. The minimum Gasteiger partial charge on any atom is -0.323 e. The first-order chi connectivity index (χ1) is 7.11. The quantitative estimate of drug-likeness (QED) is 0.544. The minimum absolute atomic E-state index is 0.127. The Morgan fingerprint density at radius 2 is 1.87 bits per heavy atom. The molecule has 0 aromatic heterocycles. The number of carbonyl (C=O) groups excluding carboxylic acids is 2. The van der Waals surface area contributed by atoms with Gasteiger partial charge in [-0.2, -0.15) is 0 Å². The van der Waals surface area contributed by atoms with Gasteiger partial charge >= 0.3 is 6.03 Å². The van der Waals surface area contributed by atoms with Crippen molar-refractivity contribution in [1.29, 1.82) is 0 Å². The fraction of sp³-hybridized carbons (Fsp3) is 0.800. The summed E-state index contributed by atoms with van der Waals surface area (Å²) in [5, 5.41) is 5.17. The minimum atomic E-state index is -0.602. The monoisotopic (exact) mass is 209 g/mol. The molecule has 2 N–H and O–H groups in total. The Morgan fingerprint density at radius 1 is 1.27 bits per heavy atom. The van der Waals surface area contributed by atoms with Gasteiger partial charge in [0.25, 0.3) is 5.91 Å². The molecule has 2 bridgehead atoms. The van der Waals surface area contributed by atoms with E-state index in [2.05, 4.69) is 22.6 Å². The third-order valence-corrected chi connectivity index (χ3v) is 4.17. The SMILES string of the molecule is CN1[C@@H]2CC[C@H]1CC1(C2)NC(=O)NC1=O. The highest BCUT2D eigenvalue weighted by molar-refractivity contribution is 6.07. The van der Waals surface area contributed by atoms with E-state index >= 15 is 0 Å². The molecule has 5 nitrogen and oxygen atoms in total. The Hall–Kier alpha value is -1.10. The average molecular weight is 209 g/mol. The molecule has 5 heteroatoms. The molecule has 0 aromatic carbocycles. The smallest absolute Gasteiger partial charge is 0.322 e. The Balaban J connectivity index is 1.90. The van der Waals surface area contributed by atoms with Gasteiger partial charge in [-0.1, -0.05) is 0 Å². The van der Waals surface area contributed by atoms with Crippen molar-refractivity contribution in [3.63, 3.8) is 0 Å². The standard InChI is InChI=1S/C10H15N3O2/c1-13-6-2-3-7(13)5-10(4-6)8(14)11-9(15)12-10/h6-7H,2-5H2,1H3,(H2,11,12,14,15)/t6-,7+,10?. The van der Waals surface area contributed by atoms with Crippen LogP contribution in [0.1, 0.15) is 25.7 Å². The van der Waals surface area contributed by atoms with Crippen molar-refractivity contribution < 1.29 is 9.59 Å². The third-order valence-electron chi connectivity index (χ3n) is 4.17. The van der Waals surface area contributed by atoms with Gasteiger partial charge in [0.2, 0.25) is 0 Å². The van der Waals surface area contributed by atoms with Crippen LogP contribution < -0.4 is 10.6 Å². The van der Waals surface area contributed by atoms with Crippen LogP contribution in [0, 0.1) is 0 Å². The number of piperidine rings is 1. The number of rotatable bonds is 0. The molecule has 3 fully saturated rings. The third kappa shape index (κ3) is 1.13. The van der Waals surface area contributed by atoms with E-state index in [0.717, 1.165) is 25.7 Å². The molecule has 1 spiro atoms. The maximum Gasteiger partial charge on any atom is 0.322 e. The predicted octanol–water partition coefficient (Wildman–Crippen LogP) is -0.179. The van der Waals surface area contributed by atoms with E-state index < -0.39 is 5.54 Å². The van der Waals surface area contributed by atoms with Gasteiger partial charge in [0.15, 0.2) is 0 Å². The predicted molar refractivity (Wildman–Crippen MR) is 53.2 cm³/mol. The molecule has 3 rings (SSSR count). The number of hydrogen-bond acceptors (Lipinski definition) is 3. The second-order valence-corrected chi connectivity index (χ2v) is 4.95. The van der Waals surface area contributed by atoms with Crippen molar-refractivity contribution in [2.24, 2.45) is 0 Å². The van der Waals surface area contributed by atoms with Crippen LogP contribution in [0.25, 0.3) is 0 Å². The Morgan fingerprint density at radius 3 is 2.33 bits per heavy atom. The van der Waals surface area contributed by atoms with E-state index in [9.17, 15) is 9.59 Å². The molecule has 3 saturated heterocycles. The molecule has 3 aliphatic heterocycles.